The second-order valence-corrected chi connectivity index (χ2v) is 5.72. The molecule has 0 aliphatic rings. The first-order chi connectivity index (χ1) is 10.4. The molecule has 6 nitrogen and oxygen atoms in total. The summed E-state index contributed by atoms with van der Waals surface area (Å²) in [5.41, 5.74) is 13.8. The Bertz CT molecular complexity index is 476. The minimum atomic E-state index is 0.532. The maximum Gasteiger partial charge on any atom is 0.125 e. The highest BCUT2D eigenvalue weighted by Crippen LogP contribution is 2.05. The zero-order valence-corrected chi connectivity index (χ0v) is 14.1. The van der Waals surface area contributed by atoms with Gasteiger partial charge in [-0.15, -0.1) is 0 Å². The first-order valence-corrected chi connectivity index (χ1v) is 7.40. The molecule has 0 unspecified atom stereocenters. The number of rotatable bonds is 8. The van der Waals surface area contributed by atoms with Crippen LogP contribution in [0.5, 0.6) is 0 Å². The molecule has 0 aliphatic carbocycles. The number of aliphatic imine (C=N–C) groups is 2. The van der Waals surface area contributed by atoms with Gasteiger partial charge in [0.15, 0.2) is 0 Å². The predicted molar refractivity (Wildman–Crippen MR) is 94.7 cm³/mol. The minimum absolute atomic E-state index is 0.532. The lowest BCUT2D eigenvalue weighted by atomic mass is 10.1. The van der Waals surface area contributed by atoms with Gasteiger partial charge >= 0.3 is 0 Å². The van der Waals surface area contributed by atoms with Gasteiger partial charge < -0.3 is 21.3 Å². The molecule has 6 heteroatoms. The number of nitrogens with zero attached hydrogens (tertiary/aromatic N) is 4. The number of amidine groups is 2. The lowest BCUT2D eigenvalue weighted by molar-refractivity contribution is 0.420. The van der Waals surface area contributed by atoms with Crippen LogP contribution in [0.25, 0.3) is 0 Å². The van der Waals surface area contributed by atoms with Crippen molar-refractivity contribution >= 4 is 11.7 Å². The van der Waals surface area contributed by atoms with Gasteiger partial charge in [-0.1, -0.05) is 18.2 Å². The Balaban J connectivity index is 2.76. The number of hydrogen-bond donors (Lipinski definition) is 2. The van der Waals surface area contributed by atoms with Gasteiger partial charge in [-0.2, -0.15) is 0 Å². The molecule has 4 N–H and O–H groups in total. The van der Waals surface area contributed by atoms with Crippen molar-refractivity contribution in [2.24, 2.45) is 21.5 Å². The summed E-state index contributed by atoms with van der Waals surface area (Å²) in [7, 11) is 8.04. The van der Waals surface area contributed by atoms with E-state index < -0.39 is 0 Å². The van der Waals surface area contributed by atoms with Crippen molar-refractivity contribution in [3.8, 4) is 0 Å². The summed E-state index contributed by atoms with van der Waals surface area (Å²) in [5.74, 6) is 1.06. The first-order valence-electron chi connectivity index (χ1n) is 7.40. The molecule has 0 aliphatic heterocycles. The van der Waals surface area contributed by atoms with Gasteiger partial charge in [0.2, 0.25) is 0 Å². The van der Waals surface area contributed by atoms with Crippen LogP contribution in [0.2, 0.25) is 0 Å². The molecular weight excluding hydrogens is 276 g/mol. The zero-order chi connectivity index (χ0) is 16.5. The molecule has 0 saturated heterocycles. The lowest BCUT2D eigenvalue weighted by Gasteiger charge is -2.09. The number of nitrogens with two attached hydrogens (primary N) is 2. The van der Waals surface area contributed by atoms with Crippen LogP contribution in [0.15, 0.2) is 34.3 Å². The molecule has 0 radical (unpaired) electrons. The van der Waals surface area contributed by atoms with E-state index in [0.717, 1.165) is 24.2 Å². The minimum Gasteiger partial charge on any atom is -0.384 e. The summed E-state index contributed by atoms with van der Waals surface area (Å²) in [4.78, 5) is 12.9. The summed E-state index contributed by atoms with van der Waals surface area (Å²) in [6, 6.07) is 7.73. The summed E-state index contributed by atoms with van der Waals surface area (Å²) in [5, 5.41) is 0. The van der Waals surface area contributed by atoms with E-state index >= 15 is 0 Å². The van der Waals surface area contributed by atoms with E-state index in [4.69, 9.17) is 11.5 Å². The Hall–Kier alpha value is -1.92. The highest BCUT2D eigenvalue weighted by molar-refractivity contribution is 6.02. The van der Waals surface area contributed by atoms with Crippen LogP contribution in [-0.2, 0) is 0 Å². The summed E-state index contributed by atoms with van der Waals surface area (Å²) >= 11 is 0. The third-order valence-corrected chi connectivity index (χ3v) is 3.11. The molecule has 0 saturated carbocycles. The van der Waals surface area contributed by atoms with E-state index in [0.29, 0.717) is 24.8 Å². The molecule has 0 amide bonds. The van der Waals surface area contributed by atoms with Crippen LogP contribution in [0.4, 0.5) is 0 Å². The van der Waals surface area contributed by atoms with E-state index in [1.54, 1.807) is 0 Å². The summed E-state index contributed by atoms with van der Waals surface area (Å²) in [6.07, 6.45) is 0. The second-order valence-electron chi connectivity index (χ2n) is 5.72. The van der Waals surface area contributed by atoms with E-state index in [1.165, 1.54) is 0 Å². The van der Waals surface area contributed by atoms with Crippen molar-refractivity contribution in [2.45, 2.75) is 0 Å². The molecule has 1 rings (SSSR count). The molecule has 22 heavy (non-hydrogen) atoms. The predicted octanol–water partition coefficient (Wildman–Crippen LogP) is 0.220. The summed E-state index contributed by atoms with van der Waals surface area (Å²) in [6.45, 7) is 3.09. The molecule has 0 aromatic heterocycles. The molecule has 1 aromatic carbocycles. The smallest absolute Gasteiger partial charge is 0.125 e. The molecule has 0 atom stereocenters. The van der Waals surface area contributed by atoms with Gasteiger partial charge in [0.05, 0.1) is 13.1 Å². The number of benzene rings is 1. The fourth-order valence-corrected chi connectivity index (χ4v) is 1.76. The molecule has 0 heterocycles. The van der Waals surface area contributed by atoms with Crippen molar-refractivity contribution in [1.82, 2.24) is 9.80 Å². The van der Waals surface area contributed by atoms with Gasteiger partial charge in [0, 0.05) is 24.2 Å². The zero-order valence-electron chi connectivity index (χ0n) is 14.1. The highest BCUT2D eigenvalue weighted by atomic mass is 15.1. The molecule has 1 aromatic rings. The van der Waals surface area contributed by atoms with Crippen molar-refractivity contribution in [3.63, 3.8) is 0 Å². The number of likely N-dealkylation sites (N-methyl/N-ethyl adjacent to an activating group) is 2. The van der Waals surface area contributed by atoms with Gasteiger partial charge in [-0.3, -0.25) is 9.98 Å². The number of hydrogen-bond acceptors (Lipinski definition) is 4. The standard InChI is InChI=1S/C16H28N6/c1-21(2)10-8-19-15(17)13-6-5-7-14(12-13)16(18)20-9-11-22(3)4/h5-7,12H,8-11H2,1-4H3,(H2,17,19)(H2,18,20). The molecule has 122 valence electrons. The van der Waals surface area contributed by atoms with Crippen LogP contribution in [0.3, 0.4) is 0 Å². The van der Waals surface area contributed by atoms with Crippen molar-refractivity contribution in [1.29, 1.82) is 0 Å². The van der Waals surface area contributed by atoms with Crippen molar-refractivity contribution in [3.05, 3.63) is 35.4 Å². The maximum absolute atomic E-state index is 6.03. The largest absolute Gasteiger partial charge is 0.384 e. The topological polar surface area (TPSA) is 83.2 Å². The molecule has 0 fully saturated rings. The fraction of sp³-hybridized carbons (Fsp3) is 0.500. The molecular formula is C16H28N6. The van der Waals surface area contributed by atoms with Crippen LogP contribution in [-0.4, -0.2) is 75.8 Å². The third kappa shape index (κ3) is 6.69. The van der Waals surface area contributed by atoms with E-state index in [-0.39, 0.29) is 0 Å². The Morgan fingerprint density at radius 3 is 1.64 bits per heavy atom. The van der Waals surface area contributed by atoms with Gasteiger partial charge in [-0.25, -0.2) is 0 Å². The van der Waals surface area contributed by atoms with Gasteiger partial charge in [0.1, 0.15) is 11.7 Å². The Morgan fingerprint density at radius 1 is 0.864 bits per heavy atom. The SMILES string of the molecule is CN(C)CCN=C(N)c1cccc(C(N)=NCCN(C)C)c1. The maximum atomic E-state index is 6.03. The Labute approximate surface area is 133 Å². The Kier molecular flexibility index (Phi) is 7.56. The second kappa shape index (κ2) is 9.17. The third-order valence-electron chi connectivity index (χ3n) is 3.11. The van der Waals surface area contributed by atoms with E-state index in [2.05, 4.69) is 19.8 Å². The lowest BCUT2D eigenvalue weighted by Crippen LogP contribution is -2.21. The molecule has 0 spiro atoms. The monoisotopic (exact) mass is 304 g/mol. The normalized spacial score (nSPS) is 13.2. The average Bonchev–Trinajstić information content (AvgIpc) is 2.46. The fourth-order valence-electron chi connectivity index (χ4n) is 1.76. The van der Waals surface area contributed by atoms with Crippen molar-refractivity contribution < 1.29 is 0 Å². The Morgan fingerprint density at radius 2 is 1.27 bits per heavy atom. The first kappa shape index (κ1) is 18.1. The van der Waals surface area contributed by atoms with Crippen LogP contribution in [0.1, 0.15) is 11.1 Å². The molecule has 0 bridgehead atoms. The average molecular weight is 304 g/mol. The van der Waals surface area contributed by atoms with Crippen LogP contribution < -0.4 is 11.5 Å². The van der Waals surface area contributed by atoms with E-state index in [1.807, 2.05) is 52.5 Å². The van der Waals surface area contributed by atoms with Crippen molar-refractivity contribution in [2.75, 3.05) is 54.4 Å². The summed E-state index contributed by atoms with van der Waals surface area (Å²) < 4.78 is 0. The highest BCUT2D eigenvalue weighted by Gasteiger charge is 2.03. The van der Waals surface area contributed by atoms with Crippen LogP contribution in [0, 0.1) is 0 Å². The van der Waals surface area contributed by atoms with Crippen LogP contribution >= 0.6 is 0 Å². The quantitative estimate of drug-likeness (QED) is 0.532. The van der Waals surface area contributed by atoms with Gasteiger partial charge in [0.25, 0.3) is 0 Å². The van der Waals surface area contributed by atoms with E-state index in [9.17, 15) is 0 Å². The van der Waals surface area contributed by atoms with Gasteiger partial charge in [-0.05, 0) is 34.3 Å².